The third-order valence-electron chi connectivity index (χ3n) is 5.07. The van der Waals surface area contributed by atoms with Gasteiger partial charge in [0.05, 0.1) is 0 Å². The number of carbonyl (C=O) groups is 1. The fourth-order valence-electron chi connectivity index (χ4n) is 3.44. The first kappa shape index (κ1) is 23.5. The molecule has 0 aliphatic heterocycles. The molecule has 0 aliphatic rings. The summed E-state index contributed by atoms with van der Waals surface area (Å²) in [6.07, 6.45) is 23.7. The van der Waals surface area contributed by atoms with Crippen molar-refractivity contribution < 1.29 is 9.90 Å². The van der Waals surface area contributed by atoms with E-state index in [2.05, 4.69) is 13.8 Å². The van der Waals surface area contributed by atoms with E-state index < -0.39 is 5.97 Å². The predicted octanol–water partition coefficient (Wildman–Crippen LogP) is 7.75. The Bertz CT molecular complexity index is 263. The summed E-state index contributed by atoms with van der Waals surface area (Å²) in [5, 5.41) is 8.72. The van der Waals surface area contributed by atoms with Gasteiger partial charge in [0.25, 0.3) is 0 Å². The highest BCUT2D eigenvalue weighted by atomic mass is 16.4. The summed E-state index contributed by atoms with van der Waals surface area (Å²) in [5.41, 5.74) is 0. The normalized spacial score (nSPS) is 12.4. The molecule has 0 fully saturated rings. The number of aliphatic carboxylic acids is 1. The van der Waals surface area contributed by atoms with E-state index in [4.69, 9.17) is 5.11 Å². The molecule has 0 aromatic heterocycles. The molecule has 0 radical (unpaired) electrons. The first-order valence-corrected chi connectivity index (χ1v) is 10.9. The highest BCUT2D eigenvalue weighted by Gasteiger charge is 2.06. The molecule has 0 saturated carbocycles. The fraction of sp³-hybridized carbons (Fsp3) is 0.955. The first-order valence-electron chi connectivity index (χ1n) is 10.9. The van der Waals surface area contributed by atoms with Crippen molar-refractivity contribution in [3.8, 4) is 0 Å². The molecule has 144 valence electrons. The maximum absolute atomic E-state index is 10.6. The molecule has 0 spiro atoms. The van der Waals surface area contributed by atoms with Gasteiger partial charge in [-0.2, -0.15) is 0 Å². The summed E-state index contributed by atoms with van der Waals surface area (Å²) in [4.78, 5) is 10.6. The Morgan fingerprint density at radius 1 is 0.667 bits per heavy atom. The second kappa shape index (κ2) is 18.8. The Kier molecular flexibility index (Phi) is 18.4. The first-order chi connectivity index (χ1) is 11.7. The van der Waals surface area contributed by atoms with Crippen LogP contribution < -0.4 is 0 Å². The molecule has 0 saturated heterocycles. The van der Waals surface area contributed by atoms with Gasteiger partial charge in [-0.05, 0) is 5.92 Å². The van der Waals surface area contributed by atoms with Crippen LogP contribution in [0, 0.1) is 5.92 Å². The Balaban J connectivity index is 3.06. The molecular formula is C22H44O2. The lowest BCUT2D eigenvalue weighted by Crippen LogP contribution is -2.03. The number of rotatable bonds is 19. The molecule has 0 rings (SSSR count). The van der Waals surface area contributed by atoms with Crippen molar-refractivity contribution >= 4 is 5.97 Å². The van der Waals surface area contributed by atoms with Gasteiger partial charge in [-0.1, -0.05) is 123 Å². The zero-order chi connectivity index (χ0) is 17.9. The van der Waals surface area contributed by atoms with E-state index in [-0.39, 0.29) is 0 Å². The number of unbranched alkanes of at least 4 members (excludes halogenated alkanes) is 15. The summed E-state index contributed by atoms with van der Waals surface area (Å²) in [5.74, 6) is -0.312. The molecule has 24 heavy (non-hydrogen) atoms. The van der Waals surface area contributed by atoms with Crippen molar-refractivity contribution in [3.05, 3.63) is 0 Å². The molecule has 0 aliphatic carbocycles. The summed E-state index contributed by atoms with van der Waals surface area (Å²) >= 11 is 0. The van der Waals surface area contributed by atoms with Gasteiger partial charge in [0.1, 0.15) is 0 Å². The van der Waals surface area contributed by atoms with Gasteiger partial charge >= 0.3 is 5.97 Å². The zero-order valence-electron chi connectivity index (χ0n) is 16.7. The van der Waals surface area contributed by atoms with Gasteiger partial charge in [0, 0.05) is 6.42 Å². The van der Waals surface area contributed by atoms with Crippen LogP contribution in [-0.2, 0) is 4.79 Å². The van der Waals surface area contributed by atoms with Gasteiger partial charge in [-0.25, -0.2) is 0 Å². The van der Waals surface area contributed by atoms with Crippen LogP contribution in [0.25, 0.3) is 0 Å². The van der Waals surface area contributed by atoms with Gasteiger partial charge in [-0.15, -0.1) is 0 Å². The van der Waals surface area contributed by atoms with E-state index in [0.29, 0.717) is 12.3 Å². The van der Waals surface area contributed by atoms with E-state index in [1.54, 1.807) is 0 Å². The van der Waals surface area contributed by atoms with Crippen molar-refractivity contribution in [1.82, 2.24) is 0 Å². The van der Waals surface area contributed by atoms with Crippen LogP contribution >= 0.6 is 0 Å². The largest absolute Gasteiger partial charge is 0.481 e. The van der Waals surface area contributed by atoms with E-state index in [1.165, 1.54) is 103 Å². The third kappa shape index (κ3) is 19.5. The maximum atomic E-state index is 10.6. The summed E-state index contributed by atoms with van der Waals surface area (Å²) in [7, 11) is 0. The Labute approximate surface area is 151 Å². The highest BCUT2D eigenvalue weighted by molar-refractivity contribution is 5.66. The van der Waals surface area contributed by atoms with Crippen LogP contribution in [0.4, 0.5) is 0 Å². The molecule has 0 aromatic rings. The second-order valence-corrected chi connectivity index (χ2v) is 7.80. The van der Waals surface area contributed by atoms with Crippen LogP contribution in [0.2, 0.25) is 0 Å². The predicted molar refractivity (Wildman–Crippen MR) is 106 cm³/mol. The average molecular weight is 341 g/mol. The summed E-state index contributed by atoms with van der Waals surface area (Å²) in [6, 6.07) is 0. The molecule has 1 atom stereocenters. The minimum atomic E-state index is -0.654. The van der Waals surface area contributed by atoms with Crippen molar-refractivity contribution in [3.63, 3.8) is 0 Å². The van der Waals surface area contributed by atoms with Crippen molar-refractivity contribution in [2.75, 3.05) is 0 Å². The van der Waals surface area contributed by atoms with Crippen LogP contribution in [0.3, 0.4) is 0 Å². The minimum absolute atomic E-state index is 0.332. The van der Waals surface area contributed by atoms with Crippen molar-refractivity contribution in [1.29, 1.82) is 0 Å². The quantitative estimate of drug-likeness (QED) is 0.244. The molecule has 0 aromatic carbocycles. The lowest BCUT2D eigenvalue weighted by molar-refractivity contribution is -0.138. The monoisotopic (exact) mass is 340 g/mol. The van der Waals surface area contributed by atoms with Gasteiger partial charge in [0.2, 0.25) is 0 Å². The standard InChI is InChI=1S/C22H44O2/c1-3-4-5-6-7-8-9-10-11-12-13-14-15-16-17-18-19-21(2)20-22(23)24/h21H,3-20H2,1-2H3,(H,23,24)/t21-/m1/s1. The van der Waals surface area contributed by atoms with Crippen LogP contribution in [0.15, 0.2) is 0 Å². The summed E-state index contributed by atoms with van der Waals surface area (Å²) in [6.45, 7) is 4.34. The number of carboxylic acids is 1. The van der Waals surface area contributed by atoms with Crippen molar-refractivity contribution in [2.45, 2.75) is 129 Å². The molecule has 0 heterocycles. The Hall–Kier alpha value is -0.530. The Morgan fingerprint density at radius 3 is 1.33 bits per heavy atom. The molecule has 2 heteroatoms. The fourth-order valence-corrected chi connectivity index (χ4v) is 3.44. The maximum Gasteiger partial charge on any atom is 0.303 e. The zero-order valence-corrected chi connectivity index (χ0v) is 16.7. The van der Waals surface area contributed by atoms with Gasteiger partial charge in [-0.3, -0.25) is 4.79 Å². The highest BCUT2D eigenvalue weighted by Crippen LogP contribution is 2.16. The molecule has 2 nitrogen and oxygen atoms in total. The average Bonchev–Trinajstić information content (AvgIpc) is 2.53. The van der Waals surface area contributed by atoms with E-state index in [0.717, 1.165) is 6.42 Å². The summed E-state index contributed by atoms with van der Waals surface area (Å²) < 4.78 is 0. The molecule has 1 N–H and O–H groups in total. The van der Waals surface area contributed by atoms with Crippen LogP contribution in [0.1, 0.15) is 129 Å². The number of hydrogen-bond donors (Lipinski definition) is 1. The van der Waals surface area contributed by atoms with Gasteiger partial charge in [0.15, 0.2) is 0 Å². The van der Waals surface area contributed by atoms with E-state index in [1.807, 2.05) is 0 Å². The molecule has 0 amide bonds. The molecular weight excluding hydrogens is 296 g/mol. The lowest BCUT2D eigenvalue weighted by atomic mass is 9.99. The molecule has 0 bridgehead atoms. The lowest BCUT2D eigenvalue weighted by Gasteiger charge is -2.08. The SMILES string of the molecule is CCCCCCCCCCCCCCCCCC[C@@H](C)CC(=O)O. The van der Waals surface area contributed by atoms with E-state index >= 15 is 0 Å². The second-order valence-electron chi connectivity index (χ2n) is 7.80. The smallest absolute Gasteiger partial charge is 0.303 e. The topological polar surface area (TPSA) is 37.3 Å². The van der Waals surface area contributed by atoms with Crippen LogP contribution in [-0.4, -0.2) is 11.1 Å². The van der Waals surface area contributed by atoms with Crippen molar-refractivity contribution in [2.24, 2.45) is 5.92 Å². The van der Waals surface area contributed by atoms with Crippen LogP contribution in [0.5, 0.6) is 0 Å². The number of carboxylic acid groups (broad SMARTS) is 1. The van der Waals surface area contributed by atoms with E-state index in [9.17, 15) is 4.79 Å². The Morgan fingerprint density at radius 2 is 1.00 bits per heavy atom. The third-order valence-corrected chi connectivity index (χ3v) is 5.07. The number of hydrogen-bond acceptors (Lipinski definition) is 1. The molecule has 0 unspecified atom stereocenters. The van der Waals surface area contributed by atoms with Gasteiger partial charge < -0.3 is 5.11 Å². The minimum Gasteiger partial charge on any atom is -0.481 e.